The first kappa shape index (κ1) is 13.1. The van der Waals surface area contributed by atoms with Crippen LogP contribution in [0.3, 0.4) is 0 Å². The Bertz CT molecular complexity index is 426. The molecule has 19 heavy (non-hydrogen) atoms. The number of ether oxygens (including phenoxy) is 2. The van der Waals surface area contributed by atoms with Crippen LogP contribution < -0.4 is 0 Å². The third kappa shape index (κ3) is 2.55. The summed E-state index contributed by atoms with van der Waals surface area (Å²) >= 11 is 0. The zero-order chi connectivity index (χ0) is 13.3. The van der Waals surface area contributed by atoms with Gasteiger partial charge < -0.3 is 14.6 Å². The maximum atomic E-state index is 9.85. The van der Waals surface area contributed by atoms with Gasteiger partial charge in [0.25, 0.3) is 0 Å². The van der Waals surface area contributed by atoms with Crippen molar-refractivity contribution in [3.05, 3.63) is 18.0 Å². The highest BCUT2D eigenvalue weighted by atomic mass is 16.6. The van der Waals surface area contributed by atoms with Gasteiger partial charge in [0.1, 0.15) is 0 Å². The molecule has 1 spiro atoms. The van der Waals surface area contributed by atoms with Gasteiger partial charge in [0.05, 0.1) is 30.6 Å². The van der Waals surface area contributed by atoms with E-state index in [4.69, 9.17) is 9.47 Å². The highest BCUT2D eigenvalue weighted by molar-refractivity contribution is 5.08. The smallest absolute Gasteiger partial charge is 0.0957 e. The van der Waals surface area contributed by atoms with Gasteiger partial charge in [0.2, 0.25) is 0 Å². The lowest BCUT2D eigenvalue weighted by molar-refractivity contribution is -0.0962. The van der Waals surface area contributed by atoms with Crippen LogP contribution in [0.1, 0.15) is 50.3 Å². The number of hydrogen-bond acceptors (Lipinski definition) is 4. The minimum Gasteiger partial charge on any atom is -0.388 e. The van der Waals surface area contributed by atoms with E-state index in [1.165, 1.54) is 0 Å². The van der Waals surface area contributed by atoms with Crippen LogP contribution in [0.2, 0.25) is 0 Å². The fraction of sp³-hybridized carbons (Fsp3) is 0.786. The Morgan fingerprint density at radius 2 is 2.47 bits per heavy atom. The van der Waals surface area contributed by atoms with Crippen LogP contribution in [0.25, 0.3) is 0 Å². The molecule has 106 valence electrons. The Balaban J connectivity index is 1.73. The maximum absolute atomic E-state index is 9.85. The molecule has 0 aliphatic carbocycles. The number of aliphatic hydroxyl groups excluding tert-OH is 1. The summed E-state index contributed by atoms with van der Waals surface area (Å²) in [5.41, 5.74) is 0.809. The molecule has 5 heteroatoms. The van der Waals surface area contributed by atoms with E-state index >= 15 is 0 Å². The van der Waals surface area contributed by atoms with Crippen molar-refractivity contribution in [1.82, 2.24) is 9.78 Å². The van der Waals surface area contributed by atoms with Crippen LogP contribution in [0.4, 0.5) is 0 Å². The summed E-state index contributed by atoms with van der Waals surface area (Å²) < 4.78 is 13.4. The topological polar surface area (TPSA) is 56.5 Å². The van der Waals surface area contributed by atoms with Gasteiger partial charge in [-0.05, 0) is 12.8 Å². The van der Waals surface area contributed by atoms with Crippen molar-refractivity contribution >= 4 is 0 Å². The molecular weight excluding hydrogens is 244 g/mol. The molecule has 3 atom stereocenters. The largest absolute Gasteiger partial charge is 0.388 e. The average Bonchev–Trinajstić information content (AvgIpc) is 3.08. The highest BCUT2D eigenvalue weighted by Crippen LogP contribution is 2.37. The van der Waals surface area contributed by atoms with Crippen LogP contribution in [-0.2, 0) is 9.47 Å². The van der Waals surface area contributed by atoms with Crippen LogP contribution in [-0.4, -0.2) is 40.3 Å². The Kier molecular flexibility index (Phi) is 3.60. The zero-order valence-electron chi connectivity index (χ0n) is 11.4. The van der Waals surface area contributed by atoms with E-state index in [-0.39, 0.29) is 5.60 Å². The Labute approximate surface area is 113 Å². The number of nitrogens with zero attached hydrogens (tertiary/aromatic N) is 2. The second kappa shape index (κ2) is 5.23. The van der Waals surface area contributed by atoms with E-state index in [2.05, 4.69) is 5.10 Å². The molecule has 0 saturated carbocycles. The molecule has 2 saturated heterocycles. The third-order valence-electron chi connectivity index (χ3n) is 4.30. The molecule has 0 amide bonds. The molecule has 0 radical (unpaired) electrons. The lowest BCUT2D eigenvalue weighted by atomic mass is 9.90. The van der Waals surface area contributed by atoms with Crippen LogP contribution in [0.15, 0.2) is 12.4 Å². The minimum absolute atomic E-state index is 0.0988. The summed E-state index contributed by atoms with van der Waals surface area (Å²) in [5.74, 6) is 0. The monoisotopic (exact) mass is 266 g/mol. The average molecular weight is 266 g/mol. The SMILES string of the molecule is CCC(O)c1cnn(C2CCOC3(CCOC3)C2)c1. The molecule has 1 N–H and O–H groups in total. The van der Waals surface area contributed by atoms with E-state index in [9.17, 15) is 5.11 Å². The van der Waals surface area contributed by atoms with Crippen LogP contribution in [0.5, 0.6) is 0 Å². The molecule has 3 rings (SSSR count). The lowest BCUT2D eigenvalue weighted by Crippen LogP contribution is -2.41. The number of aliphatic hydroxyl groups is 1. The Hall–Kier alpha value is -0.910. The number of hydrogen-bond donors (Lipinski definition) is 1. The summed E-state index contributed by atoms with van der Waals surface area (Å²) in [6, 6.07) is 0.355. The van der Waals surface area contributed by atoms with Crippen molar-refractivity contribution in [2.45, 2.75) is 50.4 Å². The molecule has 0 bridgehead atoms. The fourth-order valence-electron chi connectivity index (χ4n) is 3.05. The molecule has 2 aliphatic rings. The predicted octanol–water partition coefficient (Wildman–Crippen LogP) is 1.84. The van der Waals surface area contributed by atoms with Gasteiger partial charge in [0.15, 0.2) is 0 Å². The quantitative estimate of drug-likeness (QED) is 0.907. The normalized spacial score (nSPS) is 32.8. The van der Waals surface area contributed by atoms with Crippen molar-refractivity contribution in [1.29, 1.82) is 0 Å². The minimum atomic E-state index is -0.405. The second-order valence-corrected chi connectivity index (χ2v) is 5.66. The number of rotatable bonds is 3. The van der Waals surface area contributed by atoms with E-state index in [1.807, 2.05) is 17.8 Å². The van der Waals surface area contributed by atoms with Gasteiger partial charge >= 0.3 is 0 Å². The zero-order valence-corrected chi connectivity index (χ0v) is 11.4. The summed E-state index contributed by atoms with van der Waals surface area (Å²) in [6.45, 7) is 4.24. The van der Waals surface area contributed by atoms with Crippen molar-refractivity contribution in [2.75, 3.05) is 19.8 Å². The van der Waals surface area contributed by atoms with Crippen molar-refractivity contribution < 1.29 is 14.6 Å². The Morgan fingerprint density at radius 1 is 1.58 bits per heavy atom. The van der Waals surface area contributed by atoms with Crippen molar-refractivity contribution in [2.24, 2.45) is 0 Å². The number of aromatic nitrogens is 2. The standard InChI is InChI=1S/C14H22N2O3/c1-2-13(17)11-8-15-16(9-11)12-3-5-19-14(7-12)4-6-18-10-14/h8-9,12-13,17H,2-7,10H2,1H3. The predicted molar refractivity (Wildman–Crippen MR) is 69.9 cm³/mol. The van der Waals surface area contributed by atoms with E-state index < -0.39 is 6.10 Å². The van der Waals surface area contributed by atoms with E-state index in [0.29, 0.717) is 12.6 Å². The summed E-state index contributed by atoms with van der Waals surface area (Å²) in [6.07, 6.45) is 6.99. The van der Waals surface area contributed by atoms with Gasteiger partial charge in [-0.25, -0.2) is 0 Å². The molecular formula is C14H22N2O3. The first-order chi connectivity index (χ1) is 9.22. The fourth-order valence-corrected chi connectivity index (χ4v) is 3.05. The second-order valence-electron chi connectivity index (χ2n) is 5.66. The van der Waals surface area contributed by atoms with Gasteiger partial charge in [-0.15, -0.1) is 0 Å². The maximum Gasteiger partial charge on any atom is 0.0957 e. The first-order valence-electron chi connectivity index (χ1n) is 7.16. The van der Waals surface area contributed by atoms with Gasteiger partial charge in [-0.3, -0.25) is 4.68 Å². The summed E-state index contributed by atoms with van der Waals surface area (Å²) in [7, 11) is 0. The Morgan fingerprint density at radius 3 is 3.21 bits per heavy atom. The van der Waals surface area contributed by atoms with Crippen LogP contribution in [0, 0.1) is 0 Å². The van der Waals surface area contributed by atoms with Crippen LogP contribution >= 0.6 is 0 Å². The molecule has 1 aromatic rings. The van der Waals surface area contributed by atoms with Crippen molar-refractivity contribution in [3.63, 3.8) is 0 Å². The van der Waals surface area contributed by atoms with E-state index in [1.54, 1.807) is 6.20 Å². The summed E-state index contributed by atoms with van der Waals surface area (Å²) in [4.78, 5) is 0. The third-order valence-corrected chi connectivity index (χ3v) is 4.30. The van der Waals surface area contributed by atoms with Crippen molar-refractivity contribution in [3.8, 4) is 0 Å². The molecule has 2 fully saturated rings. The van der Waals surface area contributed by atoms with Gasteiger partial charge in [-0.2, -0.15) is 5.10 Å². The molecule has 0 aromatic carbocycles. The molecule has 3 heterocycles. The first-order valence-corrected chi connectivity index (χ1v) is 7.16. The molecule has 5 nitrogen and oxygen atoms in total. The summed E-state index contributed by atoms with van der Waals surface area (Å²) in [5, 5.41) is 14.3. The highest BCUT2D eigenvalue weighted by Gasteiger charge is 2.41. The molecule has 3 unspecified atom stereocenters. The van der Waals surface area contributed by atoms with Gasteiger partial charge in [-0.1, -0.05) is 6.92 Å². The molecule has 1 aromatic heterocycles. The van der Waals surface area contributed by atoms with Gasteiger partial charge in [0, 0.05) is 37.8 Å². The van der Waals surface area contributed by atoms with E-state index in [0.717, 1.165) is 44.5 Å². The lowest BCUT2D eigenvalue weighted by Gasteiger charge is -2.37. The molecule has 2 aliphatic heterocycles.